The highest BCUT2D eigenvalue weighted by atomic mass is 16.1. The van der Waals surface area contributed by atoms with Crippen molar-refractivity contribution in [2.24, 2.45) is 0 Å². The Morgan fingerprint density at radius 3 is 2.07 bits per heavy atom. The van der Waals surface area contributed by atoms with Crippen molar-refractivity contribution in [3.05, 3.63) is 90.3 Å². The molecule has 0 atom stereocenters. The number of hydrogen-bond donors (Lipinski definition) is 1. The minimum absolute atomic E-state index is 0.143. The van der Waals surface area contributed by atoms with E-state index in [9.17, 15) is 4.79 Å². The summed E-state index contributed by atoms with van der Waals surface area (Å²) in [4.78, 5) is 16.4. The first kappa shape index (κ1) is 16.8. The quantitative estimate of drug-likeness (QED) is 0.602. The topological polar surface area (TPSA) is 64.7 Å². The highest BCUT2D eigenvalue weighted by molar-refractivity contribution is 6.04. The van der Waals surface area contributed by atoms with Crippen LogP contribution in [0.1, 0.15) is 21.7 Å². The molecular formula is C21H19N5O. The van der Waals surface area contributed by atoms with Crippen molar-refractivity contribution < 1.29 is 4.79 Å². The zero-order valence-corrected chi connectivity index (χ0v) is 15.1. The Balaban J connectivity index is 1.48. The lowest BCUT2D eigenvalue weighted by molar-refractivity contribution is 0.102. The third kappa shape index (κ3) is 3.37. The number of aryl methyl sites for hydroxylation is 2. The van der Waals surface area contributed by atoms with E-state index in [1.165, 1.54) is 6.33 Å². The zero-order valence-electron chi connectivity index (χ0n) is 15.1. The fourth-order valence-corrected chi connectivity index (χ4v) is 3.08. The molecule has 6 nitrogen and oxygen atoms in total. The number of nitrogens with one attached hydrogen (secondary N) is 1. The van der Waals surface area contributed by atoms with Crippen LogP contribution in [0.3, 0.4) is 0 Å². The maximum Gasteiger partial charge on any atom is 0.255 e. The van der Waals surface area contributed by atoms with Crippen LogP contribution in [0.4, 0.5) is 5.69 Å². The molecular weight excluding hydrogens is 338 g/mol. The first-order chi connectivity index (χ1) is 13.1. The van der Waals surface area contributed by atoms with Crippen LogP contribution in [0.25, 0.3) is 11.4 Å². The number of rotatable bonds is 4. The Kier molecular flexibility index (Phi) is 4.30. The molecule has 0 unspecified atom stereocenters. The summed E-state index contributed by atoms with van der Waals surface area (Å²) in [6.45, 7) is 4.13. The number of hydrogen-bond acceptors (Lipinski definition) is 3. The van der Waals surface area contributed by atoms with Crippen LogP contribution in [0.2, 0.25) is 0 Å². The van der Waals surface area contributed by atoms with Gasteiger partial charge in [0.15, 0.2) is 0 Å². The average molecular weight is 357 g/mol. The Morgan fingerprint density at radius 2 is 1.48 bits per heavy atom. The molecule has 2 heterocycles. The predicted molar refractivity (Wildman–Crippen MR) is 105 cm³/mol. The van der Waals surface area contributed by atoms with E-state index in [2.05, 4.69) is 45.9 Å². The molecule has 0 saturated carbocycles. The van der Waals surface area contributed by atoms with Gasteiger partial charge in [0, 0.05) is 28.3 Å². The van der Waals surface area contributed by atoms with Crippen molar-refractivity contribution in [1.82, 2.24) is 19.3 Å². The van der Waals surface area contributed by atoms with E-state index in [1.807, 2.05) is 48.5 Å². The SMILES string of the molecule is Cc1ccc(C)n1-c1ccc(C(=O)Nc2ccc(-n3cncn3)cc2)cc1. The van der Waals surface area contributed by atoms with Gasteiger partial charge < -0.3 is 9.88 Å². The van der Waals surface area contributed by atoms with E-state index in [0.29, 0.717) is 5.56 Å². The van der Waals surface area contributed by atoms with E-state index in [4.69, 9.17) is 0 Å². The van der Waals surface area contributed by atoms with E-state index < -0.39 is 0 Å². The molecule has 2 aromatic carbocycles. The molecule has 4 rings (SSSR count). The largest absolute Gasteiger partial charge is 0.322 e. The van der Waals surface area contributed by atoms with Crippen LogP contribution in [-0.2, 0) is 0 Å². The number of nitrogens with zero attached hydrogens (tertiary/aromatic N) is 4. The van der Waals surface area contributed by atoms with Gasteiger partial charge in [-0.05, 0) is 74.5 Å². The summed E-state index contributed by atoms with van der Waals surface area (Å²) >= 11 is 0. The van der Waals surface area contributed by atoms with Crippen LogP contribution in [0.5, 0.6) is 0 Å². The van der Waals surface area contributed by atoms with E-state index in [-0.39, 0.29) is 5.91 Å². The summed E-state index contributed by atoms with van der Waals surface area (Å²) in [5, 5.41) is 7.00. The number of anilines is 1. The number of aromatic nitrogens is 4. The smallest absolute Gasteiger partial charge is 0.255 e. The summed E-state index contributed by atoms with van der Waals surface area (Å²) in [5.41, 5.74) is 5.59. The Bertz CT molecular complexity index is 1040. The number of carbonyl (C=O) groups excluding carboxylic acids is 1. The van der Waals surface area contributed by atoms with Crippen molar-refractivity contribution in [3.63, 3.8) is 0 Å². The predicted octanol–water partition coefficient (Wildman–Crippen LogP) is 3.93. The van der Waals surface area contributed by atoms with Gasteiger partial charge in [-0.2, -0.15) is 5.10 Å². The standard InChI is InChI=1S/C21H19N5O/c1-15-3-4-16(2)26(15)20-9-5-17(6-10-20)21(27)24-18-7-11-19(12-8-18)25-14-22-13-23-25/h3-14H,1-2H3,(H,24,27). The van der Waals surface area contributed by atoms with Gasteiger partial charge >= 0.3 is 0 Å². The van der Waals surface area contributed by atoms with Crippen molar-refractivity contribution in [3.8, 4) is 11.4 Å². The summed E-state index contributed by atoms with van der Waals surface area (Å²) in [6.07, 6.45) is 3.11. The average Bonchev–Trinajstić information content (AvgIpc) is 3.33. The van der Waals surface area contributed by atoms with Gasteiger partial charge in [0.2, 0.25) is 0 Å². The first-order valence-corrected chi connectivity index (χ1v) is 8.63. The minimum Gasteiger partial charge on any atom is -0.322 e. The van der Waals surface area contributed by atoms with Gasteiger partial charge in [-0.3, -0.25) is 4.79 Å². The third-order valence-electron chi connectivity index (χ3n) is 4.47. The van der Waals surface area contributed by atoms with Crippen LogP contribution in [0, 0.1) is 13.8 Å². The number of amides is 1. The maximum absolute atomic E-state index is 12.5. The van der Waals surface area contributed by atoms with Gasteiger partial charge in [-0.1, -0.05) is 0 Å². The van der Waals surface area contributed by atoms with Crippen molar-refractivity contribution in [1.29, 1.82) is 0 Å². The molecule has 4 aromatic rings. The fraction of sp³-hybridized carbons (Fsp3) is 0.0952. The monoisotopic (exact) mass is 357 g/mol. The Labute approximate surface area is 157 Å². The summed E-state index contributed by atoms with van der Waals surface area (Å²) in [6, 6.07) is 19.2. The summed E-state index contributed by atoms with van der Waals surface area (Å²) in [7, 11) is 0. The second-order valence-electron chi connectivity index (χ2n) is 6.34. The Hall–Kier alpha value is -3.67. The first-order valence-electron chi connectivity index (χ1n) is 8.63. The highest BCUT2D eigenvalue weighted by Crippen LogP contribution is 2.18. The Morgan fingerprint density at radius 1 is 0.852 bits per heavy atom. The molecule has 0 bridgehead atoms. The van der Waals surface area contributed by atoms with Gasteiger partial charge in [0.05, 0.1) is 5.69 Å². The van der Waals surface area contributed by atoms with Gasteiger partial charge in [-0.15, -0.1) is 0 Å². The molecule has 134 valence electrons. The minimum atomic E-state index is -0.143. The van der Waals surface area contributed by atoms with Crippen LogP contribution < -0.4 is 5.32 Å². The highest BCUT2D eigenvalue weighted by Gasteiger charge is 2.08. The second kappa shape index (κ2) is 6.92. The lowest BCUT2D eigenvalue weighted by Crippen LogP contribution is -2.12. The molecule has 2 aromatic heterocycles. The molecule has 0 aliphatic carbocycles. The molecule has 0 aliphatic heterocycles. The normalized spacial score (nSPS) is 10.7. The van der Waals surface area contributed by atoms with E-state index in [0.717, 1.165) is 28.5 Å². The second-order valence-corrected chi connectivity index (χ2v) is 6.34. The fourth-order valence-electron chi connectivity index (χ4n) is 3.08. The van der Waals surface area contributed by atoms with Crippen molar-refractivity contribution in [2.45, 2.75) is 13.8 Å². The van der Waals surface area contributed by atoms with E-state index in [1.54, 1.807) is 11.0 Å². The molecule has 27 heavy (non-hydrogen) atoms. The molecule has 0 fully saturated rings. The summed E-state index contributed by atoms with van der Waals surface area (Å²) < 4.78 is 3.82. The molecule has 0 spiro atoms. The third-order valence-corrected chi connectivity index (χ3v) is 4.47. The van der Waals surface area contributed by atoms with Crippen LogP contribution in [-0.4, -0.2) is 25.2 Å². The van der Waals surface area contributed by atoms with Crippen molar-refractivity contribution in [2.75, 3.05) is 5.32 Å². The summed E-state index contributed by atoms with van der Waals surface area (Å²) in [5.74, 6) is -0.143. The number of benzene rings is 2. The van der Waals surface area contributed by atoms with Crippen LogP contribution >= 0.6 is 0 Å². The van der Waals surface area contributed by atoms with Crippen molar-refractivity contribution >= 4 is 11.6 Å². The molecule has 0 aliphatic rings. The lowest BCUT2D eigenvalue weighted by Gasteiger charge is -2.11. The molecule has 0 radical (unpaired) electrons. The van der Waals surface area contributed by atoms with Gasteiger partial charge in [0.25, 0.3) is 5.91 Å². The molecule has 6 heteroatoms. The lowest BCUT2D eigenvalue weighted by atomic mass is 10.1. The van der Waals surface area contributed by atoms with Gasteiger partial charge in [-0.25, -0.2) is 9.67 Å². The zero-order chi connectivity index (χ0) is 18.8. The van der Waals surface area contributed by atoms with Gasteiger partial charge in [0.1, 0.15) is 12.7 Å². The molecule has 1 N–H and O–H groups in total. The van der Waals surface area contributed by atoms with E-state index >= 15 is 0 Å². The molecule has 0 saturated heterocycles. The maximum atomic E-state index is 12.5. The number of carbonyl (C=O) groups is 1. The molecule has 1 amide bonds. The van der Waals surface area contributed by atoms with Crippen LogP contribution in [0.15, 0.2) is 73.3 Å².